The molecule has 0 spiro atoms. The minimum atomic E-state index is -0.311. The van der Waals surface area contributed by atoms with Crippen molar-refractivity contribution in [3.8, 4) is 5.69 Å². The van der Waals surface area contributed by atoms with Crippen LogP contribution in [-0.4, -0.2) is 42.5 Å². The second-order valence-electron chi connectivity index (χ2n) is 7.34. The van der Waals surface area contributed by atoms with E-state index in [4.69, 9.17) is 4.99 Å². The highest BCUT2D eigenvalue weighted by Crippen LogP contribution is 2.32. The molecule has 6 nitrogen and oxygen atoms in total. The monoisotopic (exact) mass is 425 g/mol. The van der Waals surface area contributed by atoms with Crippen LogP contribution in [0.15, 0.2) is 52.4 Å². The van der Waals surface area contributed by atoms with E-state index >= 15 is 0 Å². The van der Waals surface area contributed by atoms with Crippen molar-refractivity contribution < 1.29 is 9.60 Å². The summed E-state index contributed by atoms with van der Waals surface area (Å²) in [5.74, 6) is 0.964. The Morgan fingerprint density at radius 2 is 1.97 bits per heavy atom. The van der Waals surface area contributed by atoms with E-state index < -0.39 is 0 Å². The Hall–Kier alpha value is -2.55. The SMILES string of the molecule is CCN(O)Cc1nnc2n1-c1ccc(SC(C)C)cc1C(c1ccccc1F)=NC2. The van der Waals surface area contributed by atoms with Crippen LogP contribution >= 0.6 is 11.8 Å². The minimum Gasteiger partial charge on any atom is -0.314 e. The number of aliphatic imine (C=N–C) groups is 1. The predicted molar refractivity (Wildman–Crippen MR) is 116 cm³/mol. The van der Waals surface area contributed by atoms with Crippen molar-refractivity contribution in [1.29, 1.82) is 0 Å². The Balaban J connectivity index is 1.91. The van der Waals surface area contributed by atoms with Gasteiger partial charge in [0.05, 0.1) is 17.9 Å². The summed E-state index contributed by atoms with van der Waals surface area (Å²) in [6.07, 6.45) is 0. The summed E-state index contributed by atoms with van der Waals surface area (Å²) in [6, 6.07) is 12.8. The van der Waals surface area contributed by atoms with Gasteiger partial charge in [-0.05, 0) is 30.3 Å². The smallest absolute Gasteiger partial charge is 0.159 e. The maximum atomic E-state index is 14.7. The Morgan fingerprint density at radius 1 is 1.17 bits per heavy atom. The van der Waals surface area contributed by atoms with Crippen LogP contribution < -0.4 is 0 Å². The van der Waals surface area contributed by atoms with Gasteiger partial charge < -0.3 is 5.21 Å². The van der Waals surface area contributed by atoms with Crippen LogP contribution in [0, 0.1) is 5.82 Å². The molecule has 4 rings (SSSR count). The van der Waals surface area contributed by atoms with Crippen molar-refractivity contribution in [1.82, 2.24) is 19.8 Å². The molecule has 3 aromatic rings. The van der Waals surface area contributed by atoms with Gasteiger partial charge in [0.1, 0.15) is 12.4 Å². The van der Waals surface area contributed by atoms with Gasteiger partial charge in [-0.1, -0.05) is 32.9 Å². The van der Waals surface area contributed by atoms with Crippen molar-refractivity contribution in [2.24, 2.45) is 4.99 Å². The average Bonchev–Trinajstić information content (AvgIpc) is 3.03. The number of thioether (sulfide) groups is 1. The van der Waals surface area contributed by atoms with Gasteiger partial charge >= 0.3 is 0 Å². The fourth-order valence-electron chi connectivity index (χ4n) is 3.48. The third-order valence-electron chi connectivity index (χ3n) is 4.83. The van der Waals surface area contributed by atoms with Gasteiger partial charge in [-0.3, -0.25) is 9.56 Å². The van der Waals surface area contributed by atoms with E-state index in [1.54, 1.807) is 23.9 Å². The Bertz CT molecular complexity index is 1090. The highest BCUT2D eigenvalue weighted by atomic mass is 32.2. The molecule has 2 heterocycles. The quantitative estimate of drug-likeness (QED) is 0.466. The van der Waals surface area contributed by atoms with Crippen LogP contribution in [-0.2, 0) is 13.1 Å². The molecule has 0 fully saturated rings. The van der Waals surface area contributed by atoms with E-state index in [1.165, 1.54) is 11.1 Å². The molecule has 1 aromatic heterocycles. The van der Waals surface area contributed by atoms with Crippen LogP contribution in [0.1, 0.15) is 43.5 Å². The summed E-state index contributed by atoms with van der Waals surface area (Å²) >= 11 is 1.74. The fourth-order valence-corrected chi connectivity index (χ4v) is 4.35. The topological polar surface area (TPSA) is 66.5 Å². The molecule has 0 atom stereocenters. The molecule has 2 aromatic carbocycles. The minimum absolute atomic E-state index is 0.237. The lowest BCUT2D eigenvalue weighted by Crippen LogP contribution is -2.21. The highest BCUT2D eigenvalue weighted by Gasteiger charge is 2.25. The first-order valence-electron chi connectivity index (χ1n) is 9.95. The molecule has 0 aliphatic carbocycles. The summed E-state index contributed by atoms with van der Waals surface area (Å²) in [7, 11) is 0. The number of fused-ring (bicyclic) bond motifs is 3. The number of hydrogen-bond donors (Lipinski definition) is 1. The van der Waals surface area contributed by atoms with Crippen LogP contribution in [0.5, 0.6) is 0 Å². The van der Waals surface area contributed by atoms with E-state index in [0.29, 0.717) is 34.7 Å². The summed E-state index contributed by atoms with van der Waals surface area (Å²) < 4.78 is 16.6. The van der Waals surface area contributed by atoms with E-state index in [0.717, 1.165) is 16.1 Å². The molecule has 0 saturated carbocycles. The van der Waals surface area contributed by atoms with Crippen LogP contribution in [0.2, 0.25) is 0 Å². The van der Waals surface area contributed by atoms with Gasteiger partial charge in [0.25, 0.3) is 0 Å². The molecule has 0 saturated heterocycles. The number of halogens is 1. The first-order valence-corrected chi connectivity index (χ1v) is 10.8. The molecule has 1 N–H and O–H groups in total. The van der Waals surface area contributed by atoms with Crippen LogP contribution in [0.25, 0.3) is 5.69 Å². The lowest BCUT2D eigenvalue weighted by Gasteiger charge is -2.17. The Morgan fingerprint density at radius 3 is 2.70 bits per heavy atom. The normalized spacial score (nSPS) is 13.2. The van der Waals surface area contributed by atoms with Crippen molar-refractivity contribution in [3.63, 3.8) is 0 Å². The lowest BCUT2D eigenvalue weighted by atomic mass is 10.00. The number of hydroxylamine groups is 2. The zero-order valence-corrected chi connectivity index (χ0v) is 18.0. The van der Waals surface area contributed by atoms with Crippen molar-refractivity contribution in [2.45, 2.75) is 44.0 Å². The third kappa shape index (κ3) is 4.03. The molecule has 1 aliphatic heterocycles. The lowest BCUT2D eigenvalue weighted by molar-refractivity contribution is -0.0967. The van der Waals surface area contributed by atoms with Gasteiger partial charge in [-0.15, -0.1) is 22.0 Å². The van der Waals surface area contributed by atoms with E-state index in [9.17, 15) is 9.60 Å². The van der Waals surface area contributed by atoms with Crippen molar-refractivity contribution in [2.75, 3.05) is 6.54 Å². The predicted octanol–water partition coefficient (Wildman–Crippen LogP) is 4.47. The first-order chi connectivity index (χ1) is 14.5. The number of rotatable bonds is 6. The fraction of sp³-hybridized carbons (Fsp3) is 0.318. The van der Waals surface area contributed by atoms with E-state index in [-0.39, 0.29) is 18.9 Å². The first kappa shape index (κ1) is 20.7. The highest BCUT2D eigenvalue weighted by molar-refractivity contribution is 7.99. The molecule has 0 unspecified atom stereocenters. The molecule has 156 valence electrons. The van der Waals surface area contributed by atoms with Gasteiger partial charge in [0, 0.05) is 27.8 Å². The van der Waals surface area contributed by atoms with Crippen molar-refractivity contribution >= 4 is 17.5 Å². The molecule has 8 heteroatoms. The largest absolute Gasteiger partial charge is 0.314 e. The summed E-state index contributed by atoms with van der Waals surface area (Å²) in [5.41, 5.74) is 2.72. The second-order valence-corrected chi connectivity index (χ2v) is 8.99. The molecule has 1 aliphatic rings. The zero-order valence-electron chi connectivity index (χ0n) is 17.2. The number of hydrogen-bond acceptors (Lipinski definition) is 6. The Kier molecular flexibility index (Phi) is 5.99. The Labute approximate surface area is 179 Å². The average molecular weight is 426 g/mol. The zero-order chi connectivity index (χ0) is 21.3. The van der Waals surface area contributed by atoms with Crippen molar-refractivity contribution in [3.05, 3.63) is 71.1 Å². The summed E-state index contributed by atoms with van der Waals surface area (Å²) in [6.45, 7) is 7.12. The van der Waals surface area contributed by atoms with Gasteiger partial charge in [-0.25, -0.2) is 4.39 Å². The van der Waals surface area contributed by atoms with Gasteiger partial charge in [-0.2, -0.15) is 5.06 Å². The molecule has 0 radical (unpaired) electrons. The molecule has 0 bridgehead atoms. The number of aromatic nitrogens is 3. The standard InChI is InChI=1S/C22H24FN5OS/c1-4-27(29)13-21-26-25-20-12-24-22(16-7-5-6-8-18(16)23)17-11-15(30-14(2)3)9-10-19(17)28(20)21/h5-11,14,29H,4,12-13H2,1-3H3. The summed E-state index contributed by atoms with van der Waals surface area (Å²) in [4.78, 5) is 5.82. The van der Waals surface area contributed by atoms with E-state index in [1.807, 2.05) is 23.6 Å². The number of benzene rings is 2. The third-order valence-corrected chi connectivity index (χ3v) is 5.83. The molecule has 0 amide bonds. The summed E-state index contributed by atoms with van der Waals surface area (Å²) in [5, 5.41) is 20.2. The maximum absolute atomic E-state index is 14.7. The second kappa shape index (κ2) is 8.67. The van der Waals surface area contributed by atoms with Gasteiger partial charge in [0.15, 0.2) is 11.6 Å². The van der Waals surface area contributed by atoms with Gasteiger partial charge in [0.2, 0.25) is 0 Å². The maximum Gasteiger partial charge on any atom is 0.159 e. The van der Waals surface area contributed by atoms with E-state index in [2.05, 4.69) is 36.2 Å². The van der Waals surface area contributed by atoms with Crippen LogP contribution in [0.3, 0.4) is 0 Å². The molecular weight excluding hydrogens is 401 g/mol. The molecular formula is C22H24FN5OS. The number of nitrogens with zero attached hydrogens (tertiary/aromatic N) is 5. The molecule has 30 heavy (non-hydrogen) atoms. The van der Waals surface area contributed by atoms with Crippen LogP contribution in [0.4, 0.5) is 4.39 Å².